The number of hydrogen-bond donors (Lipinski definition) is 2. The van der Waals surface area contributed by atoms with E-state index >= 15 is 0 Å². The van der Waals surface area contributed by atoms with Crippen LogP contribution in [0.1, 0.15) is 42.9 Å². The largest absolute Gasteiger partial charge is 0.325 e. The molecule has 2 aromatic heterocycles. The third-order valence-corrected chi connectivity index (χ3v) is 6.85. The third-order valence-electron chi connectivity index (χ3n) is 4.96. The van der Waals surface area contributed by atoms with E-state index in [1.807, 2.05) is 41.8 Å². The summed E-state index contributed by atoms with van der Waals surface area (Å²) in [6.45, 7) is 4.31. The van der Waals surface area contributed by atoms with Crippen LogP contribution in [0.2, 0.25) is 0 Å². The number of rotatable bonds is 7. The van der Waals surface area contributed by atoms with E-state index in [1.54, 1.807) is 0 Å². The number of nitrogen functional groups attached to an aromatic ring is 1. The highest BCUT2D eigenvalue weighted by Crippen LogP contribution is 2.36. The van der Waals surface area contributed by atoms with Crippen LogP contribution in [0.4, 0.5) is 11.5 Å². The molecule has 0 saturated heterocycles. The number of anilines is 2. The molecule has 1 aromatic carbocycles. The van der Waals surface area contributed by atoms with Crippen LogP contribution in [-0.2, 0) is 4.79 Å². The Morgan fingerprint density at radius 1 is 1.23 bits per heavy atom. The zero-order valence-electron chi connectivity index (χ0n) is 17.2. The number of nitrogens with two attached hydrogens (primary N) is 1. The van der Waals surface area contributed by atoms with E-state index in [2.05, 4.69) is 36.3 Å². The van der Waals surface area contributed by atoms with Crippen LogP contribution in [0.25, 0.3) is 10.4 Å². The van der Waals surface area contributed by atoms with Gasteiger partial charge < -0.3 is 5.32 Å². The van der Waals surface area contributed by atoms with Crippen molar-refractivity contribution >= 4 is 40.5 Å². The Bertz CT molecular complexity index is 1160. The fourth-order valence-electron chi connectivity index (χ4n) is 3.08. The first kappa shape index (κ1) is 22.4. The molecule has 2 heterocycles. The average Bonchev–Trinajstić information content (AvgIpc) is 3.31. The molecule has 0 spiro atoms. The molecule has 0 radical (unpaired) electrons. The number of amides is 1. The summed E-state index contributed by atoms with van der Waals surface area (Å²) in [6.07, 6.45) is 1.06. The molecule has 0 aliphatic heterocycles. The van der Waals surface area contributed by atoms with Gasteiger partial charge in [-0.2, -0.15) is 10.5 Å². The SMILES string of the molecule is CC[C@H](C)c1ccc(NC(=O)CSc2[nH+]c(N)c(C#N)c(-c3cccs3)c2C#N)cc1. The van der Waals surface area contributed by atoms with Crippen LogP contribution in [0.5, 0.6) is 0 Å². The van der Waals surface area contributed by atoms with Crippen LogP contribution in [0.15, 0.2) is 46.8 Å². The first-order valence-corrected chi connectivity index (χ1v) is 11.6. The number of nitrogens with zero attached hydrogens (tertiary/aromatic N) is 2. The van der Waals surface area contributed by atoms with Gasteiger partial charge in [-0.1, -0.05) is 43.8 Å². The zero-order chi connectivity index (χ0) is 22.4. The number of hydrogen-bond acceptors (Lipinski definition) is 6. The molecular weight excluding hydrogens is 426 g/mol. The molecule has 3 rings (SSSR count). The molecule has 1 amide bonds. The van der Waals surface area contributed by atoms with E-state index in [-0.39, 0.29) is 23.0 Å². The van der Waals surface area contributed by atoms with Crippen molar-refractivity contribution in [1.29, 1.82) is 10.5 Å². The van der Waals surface area contributed by atoms with Crippen molar-refractivity contribution in [3.05, 3.63) is 58.5 Å². The van der Waals surface area contributed by atoms with E-state index in [0.29, 0.717) is 22.1 Å². The van der Waals surface area contributed by atoms with Crippen molar-refractivity contribution in [2.75, 3.05) is 16.8 Å². The fraction of sp³-hybridized carbons (Fsp3) is 0.217. The predicted molar refractivity (Wildman–Crippen MR) is 125 cm³/mol. The number of carbonyl (C=O) groups is 1. The second kappa shape index (κ2) is 10.1. The maximum atomic E-state index is 12.5. The van der Waals surface area contributed by atoms with Crippen molar-refractivity contribution in [2.45, 2.75) is 31.2 Å². The third kappa shape index (κ3) is 5.05. The van der Waals surface area contributed by atoms with Gasteiger partial charge in [0.05, 0.1) is 5.75 Å². The lowest BCUT2D eigenvalue weighted by Crippen LogP contribution is -2.20. The maximum Gasteiger partial charge on any atom is 0.289 e. The van der Waals surface area contributed by atoms with Crippen molar-refractivity contribution in [3.63, 3.8) is 0 Å². The maximum absolute atomic E-state index is 12.5. The molecule has 31 heavy (non-hydrogen) atoms. The predicted octanol–water partition coefficient (Wildman–Crippen LogP) is 4.80. The molecule has 8 heteroatoms. The summed E-state index contributed by atoms with van der Waals surface area (Å²) in [5.74, 6) is 0.542. The molecule has 6 nitrogen and oxygen atoms in total. The molecule has 0 aliphatic carbocycles. The number of aromatic nitrogens is 1. The lowest BCUT2D eigenvalue weighted by atomic mass is 9.99. The number of thioether (sulfide) groups is 1. The molecule has 156 valence electrons. The first-order chi connectivity index (χ1) is 15.0. The number of carbonyl (C=O) groups excluding carboxylic acids is 1. The van der Waals surface area contributed by atoms with Gasteiger partial charge in [0.2, 0.25) is 5.91 Å². The van der Waals surface area contributed by atoms with E-state index in [0.717, 1.165) is 17.0 Å². The van der Waals surface area contributed by atoms with Gasteiger partial charge in [-0.05, 0) is 41.5 Å². The van der Waals surface area contributed by atoms with Gasteiger partial charge in [-0.25, -0.2) is 4.98 Å². The number of benzene rings is 1. The van der Waals surface area contributed by atoms with Crippen molar-refractivity contribution < 1.29 is 9.78 Å². The molecule has 0 aliphatic rings. The van der Waals surface area contributed by atoms with Crippen molar-refractivity contribution in [2.24, 2.45) is 0 Å². The van der Waals surface area contributed by atoms with Crippen LogP contribution in [0.3, 0.4) is 0 Å². The Morgan fingerprint density at radius 2 is 1.94 bits per heavy atom. The normalized spacial score (nSPS) is 11.4. The standard InChI is InChI=1S/C23H21N5OS2/c1-3-14(2)15-6-8-16(9-7-15)27-20(29)13-31-23-18(12-25)21(19-5-4-10-30-19)17(11-24)22(26)28-23/h4-10,14H,3,13H2,1-2H3,(H2,26,28)(H,27,29)/p+1/t14-/m0/s1. The Kier molecular flexibility index (Phi) is 7.30. The van der Waals surface area contributed by atoms with Crippen LogP contribution in [-0.4, -0.2) is 11.7 Å². The van der Waals surface area contributed by atoms with Crippen LogP contribution < -0.4 is 16.0 Å². The molecular formula is C23H22N5OS2+. The number of aromatic amines is 1. The quantitative estimate of drug-likeness (QED) is 0.504. The first-order valence-electron chi connectivity index (χ1n) is 9.73. The summed E-state index contributed by atoms with van der Waals surface area (Å²) in [7, 11) is 0. The lowest BCUT2D eigenvalue weighted by molar-refractivity contribution is -0.410. The second-order valence-corrected chi connectivity index (χ2v) is 8.90. The monoisotopic (exact) mass is 448 g/mol. The number of nitrogens with one attached hydrogen (secondary N) is 2. The number of nitriles is 2. The zero-order valence-corrected chi connectivity index (χ0v) is 18.9. The molecule has 0 saturated carbocycles. The average molecular weight is 449 g/mol. The Hall–Kier alpha value is -3.33. The van der Waals surface area contributed by atoms with E-state index in [1.165, 1.54) is 28.7 Å². The Labute approximate surface area is 189 Å². The number of thiophene rings is 1. The summed E-state index contributed by atoms with van der Waals surface area (Å²) in [4.78, 5) is 16.2. The fourth-order valence-corrected chi connectivity index (χ4v) is 4.69. The van der Waals surface area contributed by atoms with E-state index in [9.17, 15) is 15.3 Å². The van der Waals surface area contributed by atoms with Crippen molar-refractivity contribution in [3.8, 4) is 22.6 Å². The molecule has 4 N–H and O–H groups in total. The summed E-state index contributed by atoms with van der Waals surface area (Å²) < 4.78 is 0. The van der Waals surface area contributed by atoms with Gasteiger partial charge in [0, 0.05) is 16.1 Å². The van der Waals surface area contributed by atoms with Gasteiger partial charge in [0.1, 0.15) is 17.7 Å². The van der Waals surface area contributed by atoms with Gasteiger partial charge in [-0.15, -0.1) is 11.3 Å². The summed E-state index contributed by atoms with van der Waals surface area (Å²) in [5, 5.41) is 24.5. The molecule has 3 aromatic rings. The minimum atomic E-state index is -0.195. The minimum Gasteiger partial charge on any atom is -0.325 e. The summed E-state index contributed by atoms with van der Waals surface area (Å²) >= 11 is 2.60. The number of pyridine rings is 1. The summed E-state index contributed by atoms with van der Waals surface area (Å²) in [5.41, 5.74) is 9.04. The minimum absolute atomic E-state index is 0.0908. The Morgan fingerprint density at radius 3 is 2.52 bits per heavy atom. The lowest BCUT2D eigenvalue weighted by Gasteiger charge is -2.11. The molecule has 0 fully saturated rings. The van der Waals surface area contributed by atoms with Crippen LogP contribution >= 0.6 is 23.1 Å². The van der Waals surface area contributed by atoms with Gasteiger partial charge >= 0.3 is 0 Å². The molecule has 0 bridgehead atoms. The number of H-pyrrole nitrogens is 1. The smallest absolute Gasteiger partial charge is 0.289 e. The van der Waals surface area contributed by atoms with Gasteiger partial charge in [0.25, 0.3) is 5.82 Å². The molecule has 1 atom stereocenters. The Balaban J connectivity index is 1.78. The van der Waals surface area contributed by atoms with E-state index in [4.69, 9.17) is 5.73 Å². The summed E-state index contributed by atoms with van der Waals surface area (Å²) in [6, 6.07) is 15.8. The second-order valence-electron chi connectivity index (χ2n) is 6.96. The van der Waals surface area contributed by atoms with Gasteiger partial charge in [0.15, 0.2) is 10.6 Å². The highest BCUT2D eigenvalue weighted by molar-refractivity contribution is 7.99. The topological polar surface area (TPSA) is 117 Å². The highest BCUT2D eigenvalue weighted by atomic mass is 32.2. The van der Waals surface area contributed by atoms with Crippen LogP contribution in [0, 0.1) is 22.7 Å². The van der Waals surface area contributed by atoms with Crippen molar-refractivity contribution in [1.82, 2.24) is 0 Å². The van der Waals surface area contributed by atoms with E-state index < -0.39 is 0 Å². The highest BCUT2D eigenvalue weighted by Gasteiger charge is 2.24. The van der Waals surface area contributed by atoms with Gasteiger partial charge in [-0.3, -0.25) is 10.5 Å². The molecule has 0 unspecified atom stereocenters.